The van der Waals surface area contributed by atoms with Crippen molar-refractivity contribution in [3.8, 4) is 0 Å². The normalized spacial score (nSPS) is 10.7. The summed E-state index contributed by atoms with van der Waals surface area (Å²) in [6.45, 7) is 4.05. The number of nitrogens with one attached hydrogen (secondary N) is 1. The maximum absolute atomic E-state index is 12.0. The van der Waals surface area contributed by atoms with Crippen LogP contribution in [0.1, 0.15) is 66.6 Å². The van der Waals surface area contributed by atoms with Gasteiger partial charge in [0.1, 0.15) is 10.7 Å². The van der Waals surface area contributed by atoms with Gasteiger partial charge in [0.15, 0.2) is 0 Å². The number of carbonyl (C=O) groups excluding carboxylic acids is 1. The summed E-state index contributed by atoms with van der Waals surface area (Å²) in [6, 6.07) is 0. The molecule has 7 heteroatoms. The molecule has 6 nitrogen and oxygen atoms in total. The molecule has 0 saturated carbocycles. The highest BCUT2D eigenvalue weighted by atomic mass is 32.1. The third-order valence-electron chi connectivity index (χ3n) is 3.45. The van der Waals surface area contributed by atoms with Crippen molar-refractivity contribution in [2.45, 2.75) is 58.8 Å². The zero-order chi connectivity index (χ0) is 16.5. The Morgan fingerprint density at radius 3 is 2.61 bits per heavy atom. The first-order chi connectivity index (χ1) is 11.2. The van der Waals surface area contributed by atoms with E-state index in [1.165, 1.54) is 49.6 Å². The molecule has 2 aromatic rings. The number of anilines is 1. The van der Waals surface area contributed by atoms with Gasteiger partial charge >= 0.3 is 0 Å². The van der Waals surface area contributed by atoms with Crippen LogP contribution in [-0.4, -0.2) is 26.1 Å². The summed E-state index contributed by atoms with van der Waals surface area (Å²) < 4.78 is 0. The number of unbranched alkanes of at least 4 members (excludes halogenated alkanes) is 5. The van der Waals surface area contributed by atoms with Gasteiger partial charge in [-0.3, -0.25) is 15.1 Å². The Kier molecular flexibility index (Phi) is 7.06. The fraction of sp³-hybridized carbons (Fsp3) is 0.562. The van der Waals surface area contributed by atoms with E-state index in [1.54, 1.807) is 6.20 Å². The van der Waals surface area contributed by atoms with E-state index in [4.69, 9.17) is 0 Å². The molecule has 2 rings (SSSR count). The molecule has 0 fully saturated rings. The van der Waals surface area contributed by atoms with E-state index >= 15 is 0 Å². The Labute approximate surface area is 140 Å². The molecule has 0 aromatic carbocycles. The minimum Gasteiger partial charge on any atom is -0.295 e. The quantitative estimate of drug-likeness (QED) is 0.706. The zero-order valence-electron chi connectivity index (χ0n) is 13.7. The lowest BCUT2D eigenvalue weighted by molar-refractivity contribution is 0.102. The van der Waals surface area contributed by atoms with Gasteiger partial charge < -0.3 is 0 Å². The molecule has 0 aliphatic heterocycles. The summed E-state index contributed by atoms with van der Waals surface area (Å²) in [6.07, 6.45) is 11.5. The van der Waals surface area contributed by atoms with Crippen molar-refractivity contribution in [2.24, 2.45) is 0 Å². The third-order valence-corrected chi connectivity index (χ3v) is 4.34. The molecule has 0 aliphatic carbocycles. The maximum atomic E-state index is 12.0. The Hall–Kier alpha value is -1.89. The van der Waals surface area contributed by atoms with Gasteiger partial charge in [-0.05, 0) is 13.3 Å². The van der Waals surface area contributed by atoms with Crippen LogP contribution in [0.2, 0.25) is 0 Å². The van der Waals surface area contributed by atoms with Crippen LogP contribution >= 0.6 is 11.3 Å². The van der Waals surface area contributed by atoms with Gasteiger partial charge in [0, 0.05) is 12.6 Å². The standard InChI is InChI=1S/C16H23N5OS/c1-3-4-5-6-7-8-9-14-20-21-16(23-14)19-15(22)13-11-17-12(2)10-18-13/h10-11H,3-9H2,1-2H3,(H,19,21,22). The Morgan fingerprint density at radius 1 is 1.09 bits per heavy atom. The number of aromatic nitrogens is 4. The molecular weight excluding hydrogens is 310 g/mol. The molecule has 124 valence electrons. The van der Waals surface area contributed by atoms with Crippen LogP contribution in [-0.2, 0) is 6.42 Å². The highest BCUT2D eigenvalue weighted by Crippen LogP contribution is 2.18. The molecule has 1 amide bonds. The lowest BCUT2D eigenvalue weighted by atomic mass is 10.1. The van der Waals surface area contributed by atoms with Gasteiger partial charge in [-0.2, -0.15) is 0 Å². The van der Waals surface area contributed by atoms with E-state index in [-0.39, 0.29) is 11.6 Å². The first kappa shape index (κ1) is 17.5. The number of amides is 1. The van der Waals surface area contributed by atoms with E-state index in [2.05, 4.69) is 32.4 Å². The van der Waals surface area contributed by atoms with E-state index in [0.717, 1.165) is 23.5 Å². The van der Waals surface area contributed by atoms with Crippen molar-refractivity contribution in [2.75, 3.05) is 5.32 Å². The van der Waals surface area contributed by atoms with Crippen molar-refractivity contribution in [3.63, 3.8) is 0 Å². The minimum absolute atomic E-state index is 0.281. The lowest BCUT2D eigenvalue weighted by Crippen LogP contribution is -2.13. The van der Waals surface area contributed by atoms with Crippen LogP contribution in [0.15, 0.2) is 12.4 Å². The molecule has 2 heterocycles. The van der Waals surface area contributed by atoms with E-state index in [0.29, 0.717) is 5.13 Å². The molecule has 0 unspecified atom stereocenters. The van der Waals surface area contributed by atoms with Crippen LogP contribution in [0.5, 0.6) is 0 Å². The number of rotatable bonds is 9. The van der Waals surface area contributed by atoms with Gasteiger partial charge in [-0.25, -0.2) is 4.98 Å². The number of hydrogen-bond acceptors (Lipinski definition) is 6. The van der Waals surface area contributed by atoms with Crippen molar-refractivity contribution in [1.82, 2.24) is 20.2 Å². The van der Waals surface area contributed by atoms with Crippen LogP contribution in [0, 0.1) is 6.92 Å². The van der Waals surface area contributed by atoms with Gasteiger partial charge in [-0.15, -0.1) is 10.2 Å². The predicted octanol–water partition coefficient (Wildman–Crippen LogP) is 3.79. The van der Waals surface area contributed by atoms with Crippen molar-refractivity contribution >= 4 is 22.4 Å². The van der Waals surface area contributed by atoms with Crippen LogP contribution in [0.3, 0.4) is 0 Å². The first-order valence-electron chi connectivity index (χ1n) is 8.11. The zero-order valence-corrected chi connectivity index (χ0v) is 14.5. The lowest BCUT2D eigenvalue weighted by Gasteiger charge is -2.00. The van der Waals surface area contributed by atoms with E-state index in [1.807, 2.05) is 6.92 Å². The fourth-order valence-corrected chi connectivity index (χ4v) is 2.91. The molecular formula is C16H23N5OS. The first-order valence-corrected chi connectivity index (χ1v) is 8.93. The third kappa shape index (κ3) is 6.02. The second-order valence-electron chi connectivity index (χ2n) is 5.52. The Morgan fingerprint density at radius 2 is 1.87 bits per heavy atom. The van der Waals surface area contributed by atoms with E-state index in [9.17, 15) is 4.79 Å². The maximum Gasteiger partial charge on any atom is 0.277 e. The molecule has 0 saturated heterocycles. The number of carbonyl (C=O) groups is 1. The monoisotopic (exact) mass is 333 g/mol. The van der Waals surface area contributed by atoms with Crippen LogP contribution in [0.25, 0.3) is 0 Å². The summed E-state index contributed by atoms with van der Waals surface area (Å²) in [5.41, 5.74) is 1.06. The Bertz CT molecular complexity index is 611. The molecule has 1 N–H and O–H groups in total. The fourth-order valence-electron chi connectivity index (χ4n) is 2.13. The number of hydrogen-bond donors (Lipinski definition) is 1. The highest BCUT2D eigenvalue weighted by molar-refractivity contribution is 7.15. The molecule has 0 atom stereocenters. The highest BCUT2D eigenvalue weighted by Gasteiger charge is 2.11. The van der Waals surface area contributed by atoms with Gasteiger partial charge in [0.25, 0.3) is 5.91 Å². The number of nitrogens with zero attached hydrogens (tertiary/aromatic N) is 4. The summed E-state index contributed by atoms with van der Waals surface area (Å²) >= 11 is 1.42. The summed E-state index contributed by atoms with van der Waals surface area (Å²) in [7, 11) is 0. The molecule has 2 aromatic heterocycles. The van der Waals surface area contributed by atoms with Crippen molar-refractivity contribution < 1.29 is 4.79 Å². The smallest absolute Gasteiger partial charge is 0.277 e. The molecule has 0 aliphatic rings. The molecule has 0 radical (unpaired) electrons. The topological polar surface area (TPSA) is 80.7 Å². The van der Waals surface area contributed by atoms with Gasteiger partial charge in [-0.1, -0.05) is 50.4 Å². The average molecular weight is 333 g/mol. The second-order valence-corrected chi connectivity index (χ2v) is 6.58. The van der Waals surface area contributed by atoms with Crippen LogP contribution < -0.4 is 5.32 Å². The van der Waals surface area contributed by atoms with Crippen molar-refractivity contribution in [3.05, 3.63) is 28.8 Å². The van der Waals surface area contributed by atoms with Gasteiger partial charge in [0.05, 0.1) is 11.9 Å². The SMILES string of the molecule is CCCCCCCCc1nnc(NC(=O)c2cnc(C)cn2)s1. The summed E-state index contributed by atoms with van der Waals surface area (Å²) in [5, 5.41) is 12.3. The largest absolute Gasteiger partial charge is 0.295 e. The van der Waals surface area contributed by atoms with Gasteiger partial charge in [0.2, 0.25) is 5.13 Å². The molecule has 23 heavy (non-hydrogen) atoms. The predicted molar refractivity (Wildman–Crippen MR) is 91.7 cm³/mol. The molecule has 0 spiro atoms. The average Bonchev–Trinajstić information content (AvgIpc) is 2.98. The minimum atomic E-state index is -0.306. The molecule has 0 bridgehead atoms. The van der Waals surface area contributed by atoms with Crippen molar-refractivity contribution in [1.29, 1.82) is 0 Å². The summed E-state index contributed by atoms with van der Waals surface area (Å²) in [5.74, 6) is -0.306. The second kappa shape index (κ2) is 9.29. The van der Waals surface area contributed by atoms with Crippen LogP contribution in [0.4, 0.5) is 5.13 Å². The summed E-state index contributed by atoms with van der Waals surface area (Å²) in [4.78, 5) is 20.1. The number of aryl methyl sites for hydroxylation is 2. The van der Waals surface area contributed by atoms with E-state index < -0.39 is 0 Å². The Balaban J connectivity index is 1.76.